The fourth-order valence-electron chi connectivity index (χ4n) is 1.13. The van der Waals surface area contributed by atoms with Crippen LogP contribution in [0.3, 0.4) is 0 Å². The second-order valence-corrected chi connectivity index (χ2v) is 2.88. The van der Waals surface area contributed by atoms with Crippen LogP contribution in [0.5, 0.6) is 0 Å². The van der Waals surface area contributed by atoms with E-state index in [1.165, 1.54) is 0 Å². The molecule has 0 amide bonds. The average molecular weight is 194 g/mol. The summed E-state index contributed by atoms with van der Waals surface area (Å²) in [4.78, 5) is 10.7. The van der Waals surface area contributed by atoms with Crippen LogP contribution in [0.15, 0.2) is 18.2 Å². The number of methoxy groups -OCH3 is 1. The van der Waals surface area contributed by atoms with Gasteiger partial charge in [0.15, 0.2) is 6.29 Å². The minimum absolute atomic E-state index is 0.570. The maximum atomic E-state index is 10.7. The number of carbonyl (C=O) groups excluding carboxylic acids is 1. The van der Waals surface area contributed by atoms with Crippen molar-refractivity contribution in [1.29, 1.82) is 0 Å². The minimum Gasteiger partial charge on any atom is -0.399 e. The quantitative estimate of drug-likeness (QED) is 0.419. The Hall–Kier alpha value is -1.55. The molecule has 0 unspecified atom stereocenters. The molecule has 3 N–H and O–H groups in total. The van der Waals surface area contributed by atoms with Crippen molar-refractivity contribution in [3.63, 3.8) is 0 Å². The van der Waals surface area contributed by atoms with Gasteiger partial charge in [-0.15, -0.1) is 0 Å². The molecule has 0 heterocycles. The first-order chi connectivity index (χ1) is 6.77. The number of carbonyl (C=O) groups is 1. The molecule has 0 saturated carbocycles. The van der Waals surface area contributed by atoms with Gasteiger partial charge in [-0.05, 0) is 18.2 Å². The zero-order valence-electron chi connectivity index (χ0n) is 8.12. The highest BCUT2D eigenvalue weighted by Gasteiger charge is 2.00. The van der Waals surface area contributed by atoms with Gasteiger partial charge in [0.05, 0.1) is 6.61 Å². The number of anilines is 2. The van der Waals surface area contributed by atoms with E-state index in [1.807, 2.05) is 0 Å². The number of nitrogen functional groups attached to an aromatic ring is 1. The van der Waals surface area contributed by atoms with Crippen molar-refractivity contribution in [1.82, 2.24) is 0 Å². The predicted molar refractivity (Wildman–Crippen MR) is 56.6 cm³/mol. The topological polar surface area (TPSA) is 64.3 Å². The standard InChI is InChI=1S/C10H14N2O2/c1-14-5-4-12-10-3-2-9(11)6-8(10)7-13/h2-3,6-7,12H,4-5,11H2,1H3. The monoisotopic (exact) mass is 194 g/mol. The summed E-state index contributed by atoms with van der Waals surface area (Å²) in [5.41, 5.74) is 7.49. The summed E-state index contributed by atoms with van der Waals surface area (Å²) < 4.78 is 4.89. The van der Waals surface area contributed by atoms with Gasteiger partial charge in [-0.1, -0.05) is 0 Å². The first kappa shape index (κ1) is 10.5. The molecule has 76 valence electrons. The molecule has 0 radical (unpaired) electrons. The number of nitrogens with two attached hydrogens (primary N) is 1. The van der Waals surface area contributed by atoms with Crippen molar-refractivity contribution in [3.05, 3.63) is 23.8 Å². The SMILES string of the molecule is COCCNc1ccc(N)cc1C=O. The normalized spacial score (nSPS) is 9.79. The lowest BCUT2D eigenvalue weighted by Crippen LogP contribution is -2.09. The molecule has 0 aliphatic heterocycles. The third kappa shape index (κ3) is 2.74. The number of nitrogens with one attached hydrogen (secondary N) is 1. The van der Waals surface area contributed by atoms with Crippen molar-refractivity contribution in [3.8, 4) is 0 Å². The lowest BCUT2D eigenvalue weighted by atomic mass is 10.2. The average Bonchev–Trinajstić information content (AvgIpc) is 2.20. The number of aldehydes is 1. The molecule has 0 aliphatic rings. The highest BCUT2D eigenvalue weighted by atomic mass is 16.5. The molecule has 0 spiro atoms. The van der Waals surface area contributed by atoms with E-state index in [9.17, 15) is 4.79 Å². The molecule has 0 saturated heterocycles. The zero-order chi connectivity index (χ0) is 10.4. The van der Waals surface area contributed by atoms with Gasteiger partial charge < -0.3 is 15.8 Å². The Balaban J connectivity index is 2.70. The highest BCUT2D eigenvalue weighted by molar-refractivity contribution is 5.85. The van der Waals surface area contributed by atoms with E-state index in [0.717, 1.165) is 12.0 Å². The molecule has 4 heteroatoms. The molecule has 0 aliphatic carbocycles. The van der Waals surface area contributed by atoms with Gasteiger partial charge in [0.2, 0.25) is 0 Å². The van der Waals surface area contributed by atoms with Crippen molar-refractivity contribution in [2.24, 2.45) is 0 Å². The fourth-order valence-corrected chi connectivity index (χ4v) is 1.13. The van der Waals surface area contributed by atoms with Crippen molar-refractivity contribution >= 4 is 17.7 Å². The van der Waals surface area contributed by atoms with Gasteiger partial charge in [0.1, 0.15) is 0 Å². The molecule has 0 aromatic heterocycles. The molecule has 1 aromatic carbocycles. The van der Waals surface area contributed by atoms with E-state index < -0.39 is 0 Å². The van der Waals surface area contributed by atoms with Crippen molar-refractivity contribution in [2.45, 2.75) is 0 Å². The van der Waals surface area contributed by atoms with E-state index in [1.54, 1.807) is 25.3 Å². The summed E-state index contributed by atoms with van der Waals surface area (Å²) in [5, 5.41) is 3.08. The van der Waals surface area contributed by atoms with Crippen LogP contribution in [-0.4, -0.2) is 26.5 Å². The van der Waals surface area contributed by atoms with Crippen LogP contribution in [0.4, 0.5) is 11.4 Å². The van der Waals surface area contributed by atoms with Crippen LogP contribution >= 0.6 is 0 Å². The summed E-state index contributed by atoms with van der Waals surface area (Å²) in [7, 11) is 1.63. The molecule has 4 nitrogen and oxygen atoms in total. The third-order valence-corrected chi connectivity index (χ3v) is 1.82. The number of ether oxygens (including phenoxy) is 1. The van der Waals surface area contributed by atoms with E-state index in [2.05, 4.69) is 5.32 Å². The Morgan fingerprint density at radius 1 is 1.57 bits per heavy atom. The Morgan fingerprint density at radius 2 is 2.36 bits per heavy atom. The number of hydrogen-bond donors (Lipinski definition) is 2. The zero-order valence-corrected chi connectivity index (χ0v) is 8.12. The summed E-state index contributed by atoms with van der Waals surface area (Å²) in [6, 6.07) is 5.18. The molecule has 14 heavy (non-hydrogen) atoms. The lowest BCUT2D eigenvalue weighted by Gasteiger charge is -2.08. The number of hydrogen-bond acceptors (Lipinski definition) is 4. The van der Waals surface area contributed by atoms with Crippen LogP contribution in [0.1, 0.15) is 10.4 Å². The predicted octanol–water partition coefficient (Wildman–Crippen LogP) is 1.14. The van der Waals surface area contributed by atoms with Gasteiger partial charge in [-0.2, -0.15) is 0 Å². The Kier molecular flexibility index (Phi) is 3.94. The molecular weight excluding hydrogens is 180 g/mol. The van der Waals surface area contributed by atoms with Crippen LogP contribution in [0, 0.1) is 0 Å². The van der Waals surface area contributed by atoms with Crippen LogP contribution in [-0.2, 0) is 4.74 Å². The first-order valence-electron chi connectivity index (χ1n) is 4.35. The summed E-state index contributed by atoms with van der Waals surface area (Å²) >= 11 is 0. The van der Waals surface area contributed by atoms with Crippen LogP contribution < -0.4 is 11.1 Å². The van der Waals surface area contributed by atoms with Crippen molar-refractivity contribution < 1.29 is 9.53 Å². The first-order valence-corrected chi connectivity index (χ1v) is 4.35. The third-order valence-electron chi connectivity index (χ3n) is 1.82. The molecule has 0 bridgehead atoms. The fraction of sp³-hybridized carbons (Fsp3) is 0.300. The highest BCUT2D eigenvalue weighted by Crippen LogP contribution is 2.16. The molecule has 0 atom stereocenters. The summed E-state index contributed by atoms with van der Waals surface area (Å²) in [5.74, 6) is 0. The van der Waals surface area contributed by atoms with E-state index in [4.69, 9.17) is 10.5 Å². The van der Waals surface area contributed by atoms with E-state index in [-0.39, 0.29) is 0 Å². The van der Waals surface area contributed by atoms with E-state index >= 15 is 0 Å². The number of rotatable bonds is 5. The smallest absolute Gasteiger partial charge is 0.152 e. The second-order valence-electron chi connectivity index (χ2n) is 2.88. The second kappa shape index (κ2) is 5.24. The molecule has 0 fully saturated rings. The van der Waals surface area contributed by atoms with Crippen LogP contribution in [0.25, 0.3) is 0 Å². The summed E-state index contributed by atoms with van der Waals surface area (Å²) in [6.45, 7) is 1.27. The van der Waals surface area contributed by atoms with Crippen molar-refractivity contribution in [2.75, 3.05) is 31.3 Å². The van der Waals surface area contributed by atoms with Gasteiger partial charge in [-0.3, -0.25) is 4.79 Å². The molecular formula is C10H14N2O2. The van der Waals surface area contributed by atoms with E-state index in [0.29, 0.717) is 24.4 Å². The van der Waals surface area contributed by atoms with Gasteiger partial charge in [0.25, 0.3) is 0 Å². The van der Waals surface area contributed by atoms with Crippen LogP contribution in [0.2, 0.25) is 0 Å². The van der Waals surface area contributed by atoms with Gasteiger partial charge in [-0.25, -0.2) is 0 Å². The Bertz CT molecular complexity index is 313. The maximum absolute atomic E-state index is 10.7. The molecule has 1 aromatic rings. The maximum Gasteiger partial charge on any atom is 0.152 e. The number of benzene rings is 1. The Labute approximate surface area is 83.1 Å². The Morgan fingerprint density at radius 3 is 3.00 bits per heavy atom. The molecule has 1 rings (SSSR count). The summed E-state index contributed by atoms with van der Waals surface area (Å²) in [6.07, 6.45) is 0.783. The lowest BCUT2D eigenvalue weighted by molar-refractivity contribution is 0.112. The largest absolute Gasteiger partial charge is 0.399 e. The minimum atomic E-state index is 0.570. The van der Waals surface area contributed by atoms with Gasteiger partial charge >= 0.3 is 0 Å². The van der Waals surface area contributed by atoms with Gasteiger partial charge in [0, 0.05) is 30.6 Å².